The molecule has 0 radical (unpaired) electrons. The summed E-state index contributed by atoms with van der Waals surface area (Å²) in [6, 6.07) is 17.6. The first kappa shape index (κ1) is 18.1. The molecule has 5 heteroatoms. The highest BCUT2D eigenvalue weighted by Crippen LogP contribution is 2.21. The Kier molecular flexibility index (Phi) is 5.38. The van der Waals surface area contributed by atoms with E-state index in [0.717, 1.165) is 32.7 Å². The minimum Gasteiger partial charge on any atom is -0.318 e. The number of rotatable bonds is 4. The van der Waals surface area contributed by atoms with Crippen LogP contribution < -0.4 is 5.43 Å². The lowest BCUT2D eigenvalue weighted by Gasteiger charge is -2.09. The average Bonchev–Trinajstić information content (AvgIpc) is 2.90. The van der Waals surface area contributed by atoms with E-state index < -0.39 is 0 Å². The summed E-state index contributed by atoms with van der Waals surface area (Å²) in [6.07, 6.45) is 1.68. The van der Waals surface area contributed by atoms with Gasteiger partial charge in [-0.15, -0.1) is 0 Å². The van der Waals surface area contributed by atoms with E-state index in [1.54, 1.807) is 18.3 Å². The fraction of sp³-hybridized carbons (Fsp3) is 0.143. The number of halogens is 1. The molecule has 4 nitrogen and oxygen atoms in total. The Morgan fingerprint density at radius 2 is 1.69 bits per heavy atom. The van der Waals surface area contributed by atoms with E-state index in [4.69, 9.17) is 0 Å². The smallest absolute Gasteiger partial charge is 0.271 e. The second-order valence-corrected chi connectivity index (χ2v) is 7.12. The van der Waals surface area contributed by atoms with Gasteiger partial charge in [0.05, 0.1) is 6.21 Å². The lowest BCUT2D eigenvalue weighted by atomic mass is 10.1. The fourth-order valence-electron chi connectivity index (χ4n) is 2.84. The number of nitrogens with one attached hydrogen (secondary N) is 1. The number of hydrogen-bond donors (Lipinski definition) is 1. The van der Waals surface area contributed by atoms with Gasteiger partial charge in [-0.2, -0.15) is 5.10 Å². The van der Waals surface area contributed by atoms with Gasteiger partial charge in [-0.25, -0.2) is 5.43 Å². The Hall–Kier alpha value is -2.66. The number of carbonyl (C=O) groups excluding carboxylic acids is 1. The minimum absolute atomic E-state index is 0.219. The van der Waals surface area contributed by atoms with Crippen molar-refractivity contribution in [3.8, 4) is 5.69 Å². The van der Waals surface area contributed by atoms with Crippen LogP contribution in [0.15, 0.2) is 64.2 Å². The quantitative estimate of drug-likeness (QED) is 0.481. The summed E-state index contributed by atoms with van der Waals surface area (Å²) >= 11 is 3.46. The van der Waals surface area contributed by atoms with Crippen LogP contribution in [-0.2, 0) is 0 Å². The van der Waals surface area contributed by atoms with E-state index in [0.29, 0.717) is 5.56 Å². The molecule has 0 fully saturated rings. The van der Waals surface area contributed by atoms with Crippen LogP contribution in [-0.4, -0.2) is 16.7 Å². The van der Waals surface area contributed by atoms with Gasteiger partial charge in [-0.05, 0) is 63.2 Å². The van der Waals surface area contributed by atoms with Crippen LogP contribution >= 0.6 is 15.9 Å². The lowest BCUT2D eigenvalue weighted by molar-refractivity contribution is 0.0955. The Morgan fingerprint density at radius 1 is 1.04 bits per heavy atom. The predicted molar refractivity (Wildman–Crippen MR) is 109 cm³/mol. The number of hydrazone groups is 1. The van der Waals surface area contributed by atoms with E-state index in [2.05, 4.69) is 56.1 Å². The number of aromatic nitrogens is 1. The third-order valence-electron chi connectivity index (χ3n) is 4.24. The van der Waals surface area contributed by atoms with Crippen molar-refractivity contribution in [2.45, 2.75) is 20.8 Å². The summed E-state index contributed by atoms with van der Waals surface area (Å²) in [6.45, 7) is 6.08. The molecule has 1 heterocycles. The highest BCUT2D eigenvalue weighted by molar-refractivity contribution is 9.10. The summed E-state index contributed by atoms with van der Waals surface area (Å²) in [5.74, 6) is -0.219. The van der Waals surface area contributed by atoms with Gasteiger partial charge in [0, 0.05) is 32.7 Å². The van der Waals surface area contributed by atoms with Crippen LogP contribution in [0.3, 0.4) is 0 Å². The number of nitrogens with zero attached hydrogens (tertiary/aromatic N) is 2. The minimum atomic E-state index is -0.219. The van der Waals surface area contributed by atoms with Gasteiger partial charge in [0.15, 0.2) is 0 Å². The van der Waals surface area contributed by atoms with Gasteiger partial charge in [0.25, 0.3) is 5.91 Å². The van der Waals surface area contributed by atoms with Crippen molar-refractivity contribution >= 4 is 28.1 Å². The summed E-state index contributed by atoms with van der Waals surface area (Å²) < 4.78 is 3.21. The van der Waals surface area contributed by atoms with Crippen molar-refractivity contribution in [3.05, 3.63) is 87.1 Å². The first-order valence-electron chi connectivity index (χ1n) is 8.30. The van der Waals surface area contributed by atoms with Gasteiger partial charge >= 0.3 is 0 Å². The molecule has 1 N–H and O–H groups in total. The second-order valence-electron chi connectivity index (χ2n) is 6.20. The molecule has 0 aliphatic carbocycles. The average molecular weight is 410 g/mol. The summed E-state index contributed by atoms with van der Waals surface area (Å²) in [4.78, 5) is 12.1. The molecule has 3 aromatic rings. The Morgan fingerprint density at radius 3 is 2.35 bits per heavy atom. The predicted octanol–water partition coefficient (Wildman–Crippen LogP) is 4.93. The molecule has 0 unspecified atom stereocenters. The van der Waals surface area contributed by atoms with Gasteiger partial charge in [-0.1, -0.05) is 33.6 Å². The van der Waals surface area contributed by atoms with E-state index >= 15 is 0 Å². The van der Waals surface area contributed by atoms with Crippen molar-refractivity contribution < 1.29 is 4.79 Å². The van der Waals surface area contributed by atoms with Crippen molar-refractivity contribution in [3.63, 3.8) is 0 Å². The van der Waals surface area contributed by atoms with Crippen LogP contribution in [0.4, 0.5) is 0 Å². The number of benzene rings is 2. The van der Waals surface area contributed by atoms with E-state index in [1.807, 2.05) is 38.1 Å². The van der Waals surface area contributed by atoms with E-state index in [-0.39, 0.29) is 5.91 Å². The number of carbonyl (C=O) groups is 1. The number of amides is 1. The SMILES string of the molecule is Cc1ccc(C(=O)N/N=C/c2cc(C)n(-c3ccc(Br)cc3)c2C)cc1. The highest BCUT2D eigenvalue weighted by Gasteiger charge is 2.09. The molecular formula is C21H20BrN3O. The molecule has 0 saturated carbocycles. The largest absolute Gasteiger partial charge is 0.318 e. The van der Waals surface area contributed by atoms with Gasteiger partial charge in [0.1, 0.15) is 0 Å². The maximum absolute atomic E-state index is 12.1. The zero-order valence-corrected chi connectivity index (χ0v) is 16.5. The Balaban J connectivity index is 1.77. The topological polar surface area (TPSA) is 46.4 Å². The second kappa shape index (κ2) is 7.70. The summed E-state index contributed by atoms with van der Waals surface area (Å²) in [5.41, 5.74) is 8.52. The lowest BCUT2D eigenvalue weighted by Crippen LogP contribution is -2.17. The molecule has 3 rings (SSSR count). The van der Waals surface area contributed by atoms with Crippen LogP contribution in [0.1, 0.15) is 32.9 Å². The first-order valence-corrected chi connectivity index (χ1v) is 9.10. The first-order chi connectivity index (χ1) is 12.5. The maximum atomic E-state index is 12.1. The molecule has 0 atom stereocenters. The number of hydrogen-bond acceptors (Lipinski definition) is 2. The highest BCUT2D eigenvalue weighted by atomic mass is 79.9. The molecule has 0 bridgehead atoms. The molecule has 0 spiro atoms. The normalized spacial score (nSPS) is 11.1. The molecule has 0 aliphatic rings. The van der Waals surface area contributed by atoms with Crippen LogP contribution in [0, 0.1) is 20.8 Å². The van der Waals surface area contributed by atoms with Gasteiger partial charge in [-0.3, -0.25) is 4.79 Å². The van der Waals surface area contributed by atoms with Gasteiger partial charge in [0.2, 0.25) is 0 Å². The Labute approximate surface area is 161 Å². The Bertz CT molecular complexity index is 954. The molecule has 1 aromatic heterocycles. The van der Waals surface area contributed by atoms with Crippen molar-refractivity contribution in [1.82, 2.24) is 9.99 Å². The van der Waals surface area contributed by atoms with Gasteiger partial charge < -0.3 is 4.57 Å². The molecule has 0 saturated heterocycles. The molecule has 2 aromatic carbocycles. The van der Waals surface area contributed by atoms with Crippen LogP contribution in [0.2, 0.25) is 0 Å². The molecule has 1 amide bonds. The zero-order chi connectivity index (χ0) is 18.7. The maximum Gasteiger partial charge on any atom is 0.271 e. The fourth-order valence-corrected chi connectivity index (χ4v) is 3.10. The molecule has 26 heavy (non-hydrogen) atoms. The molecule has 132 valence electrons. The zero-order valence-electron chi connectivity index (χ0n) is 15.0. The third-order valence-corrected chi connectivity index (χ3v) is 4.77. The van der Waals surface area contributed by atoms with Crippen molar-refractivity contribution in [1.29, 1.82) is 0 Å². The third kappa shape index (κ3) is 3.94. The van der Waals surface area contributed by atoms with Crippen LogP contribution in [0.5, 0.6) is 0 Å². The van der Waals surface area contributed by atoms with Crippen molar-refractivity contribution in [2.75, 3.05) is 0 Å². The monoisotopic (exact) mass is 409 g/mol. The number of aryl methyl sites for hydroxylation is 2. The van der Waals surface area contributed by atoms with Crippen LogP contribution in [0.25, 0.3) is 5.69 Å². The van der Waals surface area contributed by atoms with Crippen molar-refractivity contribution in [2.24, 2.45) is 5.10 Å². The molecular weight excluding hydrogens is 390 g/mol. The summed E-state index contributed by atoms with van der Waals surface area (Å²) in [7, 11) is 0. The van der Waals surface area contributed by atoms with E-state index in [9.17, 15) is 4.79 Å². The standard InChI is InChI=1S/C21H20BrN3O/c1-14-4-6-17(7-5-14)21(26)24-23-13-18-12-15(2)25(16(18)3)20-10-8-19(22)9-11-20/h4-13H,1-3H3,(H,24,26)/b23-13+. The van der Waals surface area contributed by atoms with E-state index in [1.165, 1.54) is 0 Å². The summed E-state index contributed by atoms with van der Waals surface area (Å²) in [5, 5.41) is 4.12. The molecule has 0 aliphatic heterocycles.